The zero-order valence-electron chi connectivity index (χ0n) is 9.14. The van der Waals surface area contributed by atoms with Crippen molar-refractivity contribution in [1.29, 1.82) is 0 Å². The second kappa shape index (κ2) is 6.15. The fourth-order valence-corrected chi connectivity index (χ4v) is 2.12. The number of aliphatic imine (C=N–C) groups is 1. The van der Waals surface area contributed by atoms with E-state index in [1.807, 2.05) is 42.5 Å². The van der Waals surface area contributed by atoms with E-state index in [-0.39, 0.29) is 0 Å². The minimum absolute atomic E-state index is 0.708. The van der Waals surface area contributed by atoms with Gasteiger partial charge in [-0.1, -0.05) is 0 Å². The molecule has 0 saturated heterocycles. The second-order valence-electron chi connectivity index (χ2n) is 3.61. The molecular formula is C14H11BrNSe. The molecule has 0 aliphatic heterocycles. The van der Waals surface area contributed by atoms with Crippen molar-refractivity contribution < 1.29 is 0 Å². The van der Waals surface area contributed by atoms with Crippen LogP contribution in [0.25, 0.3) is 0 Å². The van der Waals surface area contributed by atoms with Crippen LogP contribution in [0, 0.1) is 0 Å². The molecule has 3 heteroatoms. The van der Waals surface area contributed by atoms with Gasteiger partial charge in [-0.15, -0.1) is 0 Å². The monoisotopic (exact) mass is 352 g/mol. The standard InChI is InChI=1S/C14H11BrNSe/c15-13-8-6-12(7-9-13)14(17)16-10-11-4-2-1-3-5-11/h1-9H,10H2. The third-order valence-electron chi connectivity index (χ3n) is 2.34. The normalized spacial score (nSPS) is 11.5. The van der Waals surface area contributed by atoms with E-state index in [4.69, 9.17) is 0 Å². The first kappa shape index (κ1) is 12.6. The van der Waals surface area contributed by atoms with Gasteiger partial charge in [0.1, 0.15) is 0 Å². The average molecular weight is 352 g/mol. The van der Waals surface area contributed by atoms with Crippen molar-refractivity contribution >= 4 is 36.6 Å². The zero-order valence-corrected chi connectivity index (χ0v) is 12.4. The van der Waals surface area contributed by atoms with E-state index < -0.39 is 0 Å². The van der Waals surface area contributed by atoms with E-state index in [9.17, 15) is 0 Å². The molecule has 85 valence electrons. The molecule has 0 saturated carbocycles. The molecule has 0 fully saturated rings. The van der Waals surface area contributed by atoms with Gasteiger partial charge in [0, 0.05) is 0 Å². The van der Waals surface area contributed by atoms with Crippen LogP contribution in [0.3, 0.4) is 0 Å². The topological polar surface area (TPSA) is 12.4 Å². The summed E-state index contributed by atoms with van der Waals surface area (Å²) in [4.78, 5) is 4.54. The van der Waals surface area contributed by atoms with Gasteiger partial charge in [-0.3, -0.25) is 0 Å². The quantitative estimate of drug-likeness (QED) is 0.592. The van der Waals surface area contributed by atoms with Crippen molar-refractivity contribution in [3.05, 3.63) is 70.2 Å². The fourth-order valence-electron chi connectivity index (χ4n) is 1.43. The maximum absolute atomic E-state index is 4.54. The first-order valence-electron chi connectivity index (χ1n) is 5.27. The van der Waals surface area contributed by atoms with Crippen molar-refractivity contribution in [2.24, 2.45) is 4.99 Å². The zero-order chi connectivity index (χ0) is 12.1. The molecule has 0 heterocycles. The summed E-state index contributed by atoms with van der Waals surface area (Å²) < 4.78 is 2.03. The SMILES string of the molecule is [Se]C(=NCc1ccccc1)c1ccc(Br)cc1. The summed E-state index contributed by atoms with van der Waals surface area (Å²) in [5.41, 5.74) is 2.33. The number of rotatable bonds is 3. The Bertz CT molecular complexity index is 506. The molecule has 0 spiro atoms. The molecule has 2 aromatic rings. The van der Waals surface area contributed by atoms with Gasteiger partial charge >= 0.3 is 118 Å². The molecule has 0 aliphatic rings. The van der Waals surface area contributed by atoms with E-state index in [2.05, 4.69) is 49.1 Å². The predicted molar refractivity (Wildman–Crippen MR) is 76.6 cm³/mol. The Hall–Kier alpha value is -0.891. The summed E-state index contributed by atoms with van der Waals surface area (Å²) >= 11 is 6.44. The summed E-state index contributed by atoms with van der Waals surface area (Å²) in [7, 11) is 0. The summed E-state index contributed by atoms with van der Waals surface area (Å²) in [5, 5.41) is 0. The average Bonchev–Trinajstić information content (AvgIpc) is 2.38. The van der Waals surface area contributed by atoms with Gasteiger partial charge in [0.2, 0.25) is 0 Å². The van der Waals surface area contributed by atoms with E-state index in [0.29, 0.717) is 6.54 Å². The van der Waals surface area contributed by atoms with E-state index in [1.165, 1.54) is 5.56 Å². The van der Waals surface area contributed by atoms with Crippen LogP contribution in [0.1, 0.15) is 11.1 Å². The Morgan fingerprint density at radius 1 is 1.00 bits per heavy atom. The van der Waals surface area contributed by atoms with Gasteiger partial charge in [0.15, 0.2) is 0 Å². The van der Waals surface area contributed by atoms with Crippen LogP contribution in [0.5, 0.6) is 0 Å². The Kier molecular flexibility index (Phi) is 4.55. The van der Waals surface area contributed by atoms with E-state index in [1.54, 1.807) is 0 Å². The Morgan fingerprint density at radius 2 is 1.65 bits per heavy atom. The predicted octanol–water partition coefficient (Wildman–Crippen LogP) is 3.56. The van der Waals surface area contributed by atoms with Gasteiger partial charge in [-0.2, -0.15) is 0 Å². The van der Waals surface area contributed by atoms with Crippen molar-refractivity contribution in [2.75, 3.05) is 0 Å². The van der Waals surface area contributed by atoms with E-state index in [0.717, 1.165) is 14.6 Å². The van der Waals surface area contributed by atoms with Gasteiger partial charge in [-0.05, 0) is 0 Å². The van der Waals surface area contributed by atoms with Gasteiger partial charge in [0.25, 0.3) is 0 Å². The van der Waals surface area contributed by atoms with Crippen LogP contribution >= 0.6 is 15.9 Å². The van der Waals surface area contributed by atoms with Gasteiger partial charge in [0.05, 0.1) is 0 Å². The molecule has 0 aliphatic carbocycles. The molecule has 1 radical (unpaired) electrons. The molecule has 0 bridgehead atoms. The summed E-state index contributed by atoms with van der Waals surface area (Å²) in [5.74, 6) is 0. The van der Waals surface area contributed by atoms with Crippen LogP contribution in [0.2, 0.25) is 0 Å². The Balaban J connectivity index is 2.10. The van der Waals surface area contributed by atoms with Crippen molar-refractivity contribution in [2.45, 2.75) is 6.54 Å². The summed E-state index contributed by atoms with van der Waals surface area (Å²) in [6.45, 7) is 0.708. The number of hydrogen-bond donors (Lipinski definition) is 0. The summed E-state index contributed by atoms with van der Waals surface area (Å²) in [6.07, 6.45) is 0. The molecule has 0 unspecified atom stereocenters. The molecule has 1 nitrogen and oxygen atoms in total. The molecule has 0 aromatic heterocycles. The first-order valence-corrected chi connectivity index (χ1v) is 6.92. The van der Waals surface area contributed by atoms with Gasteiger partial charge < -0.3 is 0 Å². The minimum atomic E-state index is 0.708. The third-order valence-corrected chi connectivity index (χ3v) is 3.63. The summed E-state index contributed by atoms with van der Waals surface area (Å²) in [6, 6.07) is 18.4. The Morgan fingerprint density at radius 3 is 2.29 bits per heavy atom. The maximum atomic E-state index is 4.54. The molecule has 0 atom stereocenters. The molecule has 0 amide bonds. The molecule has 17 heavy (non-hydrogen) atoms. The molecule has 2 aromatic carbocycles. The number of halogens is 1. The molecular weight excluding hydrogens is 341 g/mol. The number of nitrogens with zero attached hydrogens (tertiary/aromatic N) is 1. The van der Waals surface area contributed by atoms with Gasteiger partial charge in [-0.25, -0.2) is 0 Å². The van der Waals surface area contributed by atoms with Crippen LogP contribution in [-0.2, 0) is 6.54 Å². The number of benzene rings is 2. The van der Waals surface area contributed by atoms with Crippen molar-refractivity contribution in [3.8, 4) is 0 Å². The van der Waals surface area contributed by atoms with Crippen molar-refractivity contribution in [1.82, 2.24) is 0 Å². The molecule has 0 N–H and O–H groups in total. The van der Waals surface area contributed by atoms with E-state index >= 15 is 0 Å². The van der Waals surface area contributed by atoms with Crippen molar-refractivity contribution in [3.63, 3.8) is 0 Å². The van der Waals surface area contributed by atoms with Crippen LogP contribution in [0.15, 0.2) is 64.1 Å². The van der Waals surface area contributed by atoms with Crippen LogP contribution in [0.4, 0.5) is 0 Å². The number of hydrogen-bond acceptors (Lipinski definition) is 1. The first-order chi connectivity index (χ1) is 8.25. The van der Waals surface area contributed by atoms with Crippen LogP contribution in [-0.4, -0.2) is 20.6 Å². The molecule has 2 rings (SSSR count). The third kappa shape index (κ3) is 3.81. The fraction of sp³-hybridized carbons (Fsp3) is 0.0714. The van der Waals surface area contributed by atoms with Crippen LogP contribution < -0.4 is 0 Å². The Labute approximate surface area is 118 Å². The second-order valence-corrected chi connectivity index (χ2v) is 5.34.